The van der Waals surface area contributed by atoms with Gasteiger partial charge in [0.1, 0.15) is 0 Å². The minimum Gasteiger partial charge on any atom is -0.380 e. The lowest BCUT2D eigenvalue weighted by Gasteiger charge is -2.20. The van der Waals surface area contributed by atoms with Crippen molar-refractivity contribution in [1.82, 2.24) is 5.32 Å². The summed E-state index contributed by atoms with van der Waals surface area (Å²) in [4.78, 5) is 0. The molecule has 2 bridgehead atoms. The van der Waals surface area contributed by atoms with E-state index in [1.165, 1.54) is 19.3 Å². The van der Waals surface area contributed by atoms with Crippen LogP contribution in [0.2, 0.25) is 0 Å². The second-order valence-corrected chi connectivity index (χ2v) is 5.14. The maximum Gasteiger partial charge on any atom is 0.0733 e. The maximum atomic E-state index is 5.78. The molecular weight excluding hydrogens is 190 g/mol. The Hall–Kier alpha value is -0.120. The molecular formula is C12H23NO2. The molecule has 0 amide bonds. The summed E-state index contributed by atoms with van der Waals surface area (Å²) in [5, 5.41) is 3.54. The molecule has 2 aliphatic rings. The zero-order valence-electron chi connectivity index (χ0n) is 9.87. The molecule has 2 aliphatic heterocycles. The number of nitrogens with one attached hydrogen (secondary N) is 1. The molecule has 3 heteroatoms. The van der Waals surface area contributed by atoms with Crippen LogP contribution in [-0.4, -0.2) is 38.0 Å². The van der Waals surface area contributed by atoms with E-state index in [-0.39, 0.29) is 0 Å². The Morgan fingerprint density at radius 3 is 2.87 bits per heavy atom. The predicted molar refractivity (Wildman–Crippen MR) is 60.0 cm³/mol. The van der Waals surface area contributed by atoms with Crippen LogP contribution in [0.4, 0.5) is 0 Å². The molecule has 0 aliphatic carbocycles. The predicted octanol–water partition coefficient (Wildman–Crippen LogP) is 1.57. The van der Waals surface area contributed by atoms with Crippen molar-refractivity contribution in [3.05, 3.63) is 0 Å². The summed E-state index contributed by atoms with van der Waals surface area (Å²) in [7, 11) is 0. The summed E-state index contributed by atoms with van der Waals surface area (Å²) in [6, 6.07) is 0.589. The number of hydrogen-bond acceptors (Lipinski definition) is 3. The molecule has 0 aromatic carbocycles. The highest BCUT2D eigenvalue weighted by molar-refractivity contribution is 4.93. The molecule has 2 heterocycles. The lowest BCUT2D eigenvalue weighted by atomic mass is 9.95. The molecule has 2 saturated heterocycles. The summed E-state index contributed by atoms with van der Waals surface area (Å²) >= 11 is 0. The minimum atomic E-state index is 0.486. The summed E-state index contributed by atoms with van der Waals surface area (Å²) in [5.41, 5.74) is 0. The Balaban J connectivity index is 1.51. The Morgan fingerprint density at radius 1 is 1.40 bits per heavy atom. The first-order chi connectivity index (χ1) is 7.25. The van der Waals surface area contributed by atoms with Crippen LogP contribution in [0.25, 0.3) is 0 Å². The van der Waals surface area contributed by atoms with Crippen LogP contribution in [0.5, 0.6) is 0 Å². The molecule has 3 nitrogen and oxygen atoms in total. The van der Waals surface area contributed by atoms with Crippen molar-refractivity contribution in [2.75, 3.05) is 19.8 Å². The van der Waals surface area contributed by atoms with Gasteiger partial charge < -0.3 is 14.8 Å². The summed E-state index contributed by atoms with van der Waals surface area (Å²) < 4.78 is 11.3. The lowest BCUT2D eigenvalue weighted by Crippen LogP contribution is -2.39. The first kappa shape index (κ1) is 11.4. The zero-order valence-corrected chi connectivity index (χ0v) is 9.87. The van der Waals surface area contributed by atoms with Gasteiger partial charge >= 0.3 is 0 Å². The van der Waals surface area contributed by atoms with Gasteiger partial charge in [-0.2, -0.15) is 0 Å². The smallest absolute Gasteiger partial charge is 0.0733 e. The maximum absolute atomic E-state index is 5.78. The number of hydrogen-bond donors (Lipinski definition) is 1. The van der Waals surface area contributed by atoms with Crippen molar-refractivity contribution in [3.63, 3.8) is 0 Å². The highest BCUT2D eigenvalue weighted by Crippen LogP contribution is 2.34. The molecule has 3 unspecified atom stereocenters. The van der Waals surface area contributed by atoms with E-state index in [1.54, 1.807) is 0 Å². The third kappa shape index (κ3) is 3.16. The highest BCUT2D eigenvalue weighted by Gasteiger charge is 2.40. The first-order valence-electron chi connectivity index (χ1n) is 6.22. The Labute approximate surface area is 92.5 Å². The van der Waals surface area contributed by atoms with Crippen LogP contribution in [-0.2, 0) is 9.47 Å². The molecule has 0 aromatic rings. The molecule has 0 aromatic heterocycles. The van der Waals surface area contributed by atoms with Crippen LogP contribution < -0.4 is 5.32 Å². The largest absolute Gasteiger partial charge is 0.380 e. The van der Waals surface area contributed by atoms with E-state index in [2.05, 4.69) is 19.2 Å². The van der Waals surface area contributed by atoms with Gasteiger partial charge in [0.05, 0.1) is 18.8 Å². The van der Waals surface area contributed by atoms with Gasteiger partial charge in [-0.05, 0) is 25.2 Å². The van der Waals surface area contributed by atoms with E-state index >= 15 is 0 Å². The number of rotatable bonds is 6. The average molecular weight is 213 g/mol. The van der Waals surface area contributed by atoms with Crippen molar-refractivity contribution >= 4 is 0 Å². The van der Waals surface area contributed by atoms with Gasteiger partial charge in [-0.1, -0.05) is 13.8 Å². The molecule has 3 atom stereocenters. The third-order valence-electron chi connectivity index (χ3n) is 3.21. The monoisotopic (exact) mass is 213 g/mol. The zero-order chi connectivity index (χ0) is 10.7. The second-order valence-electron chi connectivity index (χ2n) is 5.14. The SMILES string of the molecule is CC(C)COCCNC1CC2CCC1O2. The Kier molecular flexibility index (Phi) is 4.00. The van der Waals surface area contributed by atoms with Crippen molar-refractivity contribution in [1.29, 1.82) is 0 Å². The summed E-state index contributed by atoms with van der Waals surface area (Å²) in [5.74, 6) is 0.635. The normalized spacial score (nSPS) is 34.2. The third-order valence-corrected chi connectivity index (χ3v) is 3.21. The first-order valence-corrected chi connectivity index (χ1v) is 6.22. The molecule has 15 heavy (non-hydrogen) atoms. The Morgan fingerprint density at radius 2 is 2.27 bits per heavy atom. The van der Waals surface area contributed by atoms with Crippen LogP contribution in [0, 0.1) is 5.92 Å². The van der Waals surface area contributed by atoms with Crippen LogP contribution in [0.1, 0.15) is 33.1 Å². The molecule has 2 rings (SSSR count). The van der Waals surface area contributed by atoms with Crippen molar-refractivity contribution in [2.24, 2.45) is 5.92 Å². The number of fused-ring (bicyclic) bond motifs is 2. The quantitative estimate of drug-likeness (QED) is 0.679. The standard InChI is InChI=1S/C12H23NO2/c1-9(2)8-14-6-5-13-11-7-10-3-4-12(11)15-10/h9-13H,3-8H2,1-2H3. The van der Waals surface area contributed by atoms with Crippen LogP contribution in [0.3, 0.4) is 0 Å². The van der Waals surface area contributed by atoms with Crippen molar-refractivity contribution in [3.8, 4) is 0 Å². The van der Waals surface area contributed by atoms with E-state index in [4.69, 9.17) is 9.47 Å². The van der Waals surface area contributed by atoms with E-state index in [0.717, 1.165) is 19.8 Å². The fourth-order valence-corrected chi connectivity index (χ4v) is 2.49. The van der Waals surface area contributed by atoms with Gasteiger partial charge in [0.15, 0.2) is 0 Å². The minimum absolute atomic E-state index is 0.486. The van der Waals surface area contributed by atoms with Gasteiger partial charge in [-0.25, -0.2) is 0 Å². The van der Waals surface area contributed by atoms with Gasteiger partial charge in [-0.3, -0.25) is 0 Å². The molecule has 0 radical (unpaired) electrons. The van der Waals surface area contributed by atoms with E-state index in [1.807, 2.05) is 0 Å². The fraction of sp³-hybridized carbons (Fsp3) is 1.00. The average Bonchev–Trinajstić information content (AvgIpc) is 2.78. The van der Waals surface area contributed by atoms with E-state index < -0.39 is 0 Å². The van der Waals surface area contributed by atoms with Crippen molar-refractivity contribution < 1.29 is 9.47 Å². The van der Waals surface area contributed by atoms with Gasteiger partial charge in [0, 0.05) is 19.2 Å². The topological polar surface area (TPSA) is 30.5 Å². The molecule has 1 N–H and O–H groups in total. The van der Waals surface area contributed by atoms with Crippen LogP contribution in [0.15, 0.2) is 0 Å². The highest BCUT2D eigenvalue weighted by atomic mass is 16.5. The molecule has 2 fully saturated rings. The van der Waals surface area contributed by atoms with Gasteiger partial charge in [0.25, 0.3) is 0 Å². The lowest BCUT2D eigenvalue weighted by molar-refractivity contribution is 0.0904. The molecule has 0 spiro atoms. The fourth-order valence-electron chi connectivity index (χ4n) is 2.49. The van der Waals surface area contributed by atoms with Gasteiger partial charge in [-0.15, -0.1) is 0 Å². The summed E-state index contributed by atoms with van der Waals surface area (Å²) in [6.07, 6.45) is 4.75. The Bertz CT molecular complexity index is 196. The van der Waals surface area contributed by atoms with E-state index in [0.29, 0.717) is 24.2 Å². The number of ether oxygens (including phenoxy) is 2. The van der Waals surface area contributed by atoms with Crippen LogP contribution >= 0.6 is 0 Å². The van der Waals surface area contributed by atoms with E-state index in [9.17, 15) is 0 Å². The van der Waals surface area contributed by atoms with Crippen molar-refractivity contribution in [2.45, 2.75) is 51.4 Å². The van der Waals surface area contributed by atoms with Gasteiger partial charge in [0.2, 0.25) is 0 Å². The molecule has 0 saturated carbocycles. The second kappa shape index (κ2) is 5.28. The summed E-state index contributed by atoms with van der Waals surface area (Å²) in [6.45, 7) is 7.01. The molecule has 88 valence electrons.